The van der Waals surface area contributed by atoms with Gasteiger partial charge in [0.1, 0.15) is 0 Å². The highest BCUT2D eigenvalue weighted by Gasteiger charge is 2.24. The SMILES string of the molecule is CNC(=O)c1ccc(CNC2CCCc3cn(C(C)C)nc32)cc1. The minimum atomic E-state index is -0.0503. The number of aryl methyl sites for hydroxylation is 1. The summed E-state index contributed by atoms with van der Waals surface area (Å²) in [6, 6.07) is 8.47. The number of rotatable bonds is 5. The van der Waals surface area contributed by atoms with Crippen molar-refractivity contribution in [3.8, 4) is 0 Å². The molecule has 1 amide bonds. The molecule has 0 fully saturated rings. The molecule has 0 bridgehead atoms. The van der Waals surface area contributed by atoms with Crippen LogP contribution in [0.25, 0.3) is 0 Å². The van der Waals surface area contributed by atoms with Gasteiger partial charge in [-0.3, -0.25) is 9.48 Å². The number of nitrogens with one attached hydrogen (secondary N) is 2. The molecule has 0 aliphatic heterocycles. The third-order valence-electron chi connectivity index (χ3n) is 4.63. The molecule has 1 aromatic heterocycles. The van der Waals surface area contributed by atoms with Gasteiger partial charge in [-0.2, -0.15) is 5.10 Å². The highest BCUT2D eigenvalue weighted by molar-refractivity contribution is 5.93. The van der Waals surface area contributed by atoms with Crippen LogP contribution < -0.4 is 10.6 Å². The van der Waals surface area contributed by atoms with Crippen LogP contribution in [0.4, 0.5) is 0 Å². The van der Waals surface area contributed by atoms with Gasteiger partial charge in [0.15, 0.2) is 0 Å². The normalized spacial score (nSPS) is 16.9. The second-order valence-electron chi connectivity index (χ2n) is 6.72. The number of fused-ring (bicyclic) bond motifs is 1. The van der Waals surface area contributed by atoms with Crippen LogP contribution in [0.15, 0.2) is 30.5 Å². The number of aromatic nitrogens is 2. The molecule has 0 saturated carbocycles. The predicted octanol–water partition coefficient (Wildman–Crippen LogP) is 2.99. The molecule has 1 aliphatic carbocycles. The molecule has 1 heterocycles. The van der Waals surface area contributed by atoms with Gasteiger partial charge in [-0.15, -0.1) is 0 Å². The smallest absolute Gasteiger partial charge is 0.251 e. The van der Waals surface area contributed by atoms with E-state index in [1.54, 1.807) is 7.05 Å². The molecule has 3 rings (SSSR count). The van der Waals surface area contributed by atoms with Gasteiger partial charge in [0.25, 0.3) is 5.91 Å². The van der Waals surface area contributed by atoms with E-state index in [1.807, 2.05) is 24.3 Å². The molecule has 2 N–H and O–H groups in total. The van der Waals surface area contributed by atoms with Gasteiger partial charge in [-0.05, 0) is 56.4 Å². The van der Waals surface area contributed by atoms with Crippen molar-refractivity contribution in [2.24, 2.45) is 0 Å². The highest BCUT2D eigenvalue weighted by Crippen LogP contribution is 2.29. The van der Waals surface area contributed by atoms with E-state index in [-0.39, 0.29) is 5.91 Å². The molecule has 1 aromatic carbocycles. The first-order valence-electron chi connectivity index (χ1n) is 8.71. The predicted molar refractivity (Wildman–Crippen MR) is 95.0 cm³/mol. The van der Waals surface area contributed by atoms with Crippen molar-refractivity contribution in [3.63, 3.8) is 0 Å². The lowest BCUT2D eigenvalue weighted by molar-refractivity contribution is 0.0963. The van der Waals surface area contributed by atoms with Crippen LogP contribution in [-0.4, -0.2) is 22.7 Å². The minimum Gasteiger partial charge on any atom is -0.355 e. The summed E-state index contributed by atoms with van der Waals surface area (Å²) in [7, 11) is 1.65. The molecular weight excluding hydrogens is 300 g/mol. The fraction of sp³-hybridized carbons (Fsp3) is 0.474. The van der Waals surface area contributed by atoms with E-state index in [0.29, 0.717) is 17.6 Å². The molecule has 1 atom stereocenters. The van der Waals surface area contributed by atoms with Crippen molar-refractivity contribution < 1.29 is 4.79 Å². The maximum Gasteiger partial charge on any atom is 0.251 e. The highest BCUT2D eigenvalue weighted by atomic mass is 16.1. The summed E-state index contributed by atoms with van der Waals surface area (Å²) in [5, 5.41) is 11.1. The fourth-order valence-electron chi connectivity index (χ4n) is 3.19. The number of nitrogens with zero attached hydrogens (tertiary/aromatic N) is 2. The number of hydrogen-bond acceptors (Lipinski definition) is 3. The summed E-state index contributed by atoms with van der Waals surface area (Å²) in [6.07, 6.45) is 5.65. The molecule has 24 heavy (non-hydrogen) atoms. The van der Waals surface area contributed by atoms with E-state index in [0.717, 1.165) is 19.4 Å². The van der Waals surface area contributed by atoms with E-state index in [1.165, 1.54) is 23.2 Å². The van der Waals surface area contributed by atoms with Crippen molar-refractivity contribution in [2.75, 3.05) is 7.05 Å². The molecule has 1 unspecified atom stereocenters. The number of benzene rings is 1. The summed E-state index contributed by atoms with van der Waals surface area (Å²) in [5.74, 6) is -0.0503. The summed E-state index contributed by atoms with van der Waals surface area (Å²) in [6.45, 7) is 5.11. The first-order valence-corrected chi connectivity index (χ1v) is 8.71. The fourth-order valence-corrected chi connectivity index (χ4v) is 3.19. The Morgan fingerprint density at radius 2 is 2.08 bits per heavy atom. The molecule has 2 aromatic rings. The second-order valence-corrected chi connectivity index (χ2v) is 6.72. The molecule has 0 saturated heterocycles. The van der Waals surface area contributed by atoms with Crippen molar-refractivity contribution in [3.05, 3.63) is 52.8 Å². The Morgan fingerprint density at radius 1 is 1.33 bits per heavy atom. The Morgan fingerprint density at radius 3 is 2.75 bits per heavy atom. The van der Waals surface area contributed by atoms with Crippen molar-refractivity contribution >= 4 is 5.91 Å². The second kappa shape index (κ2) is 7.18. The van der Waals surface area contributed by atoms with Gasteiger partial charge >= 0.3 is 0 Å². The Kier molecular flexibility index (Phi) is 5.00. The summed E-state index contributed by atoms with van der Waals surface area (Å²) < 4.78 is 2.07. The molecule has 1 aliphatic rings. The lowest BCUT2D eigenvalue weighted by atomic mass is 9.93. The van der Waals surface area contributed by atoms with Crippen LogP contribution in [0.2, 0.25) is 0 Å². The largest absolute Gasteiger partial charge is 0.355 e. The Bertz CT molecular complexity index is 703. The van der Waals surface area contributed by atoms with Crippen LogP contribution >= 0.6 is 0 Å². The average molecular weight is 326 g/mol. The average Bonchev–Trinajstić information content (AvgIpc) is 3.05. The van der Waals surface area contributed by atoms with E-state index < -0.39 is 0 Å². The van der Waals surface area contributed by atoms with E-state index in [4.69, 9.17) is 5.10 Å². The monoisotopic (exact) mass is 326 g/mol. The van der Waals surface area contributed by atoms with Crippen LogP contribution in [0.5, 0.6) is 0 Å². The third kappa shape index (κ3) is 3.51. The maximum absolute atomic E-state index is 11.6. The van der Waals surface area contributed by atoms with Gasteiger partial charge in [0, 0.05) is 31.4 Å². The summed E-state index contributed by atoms with van der Waals surface area (Å²) in [5.41, 5.74) is 4.45. The standard InChI is InChI=1S/C19H26N4O/c1-13(2)23-12-16-5-4-6-17(18(16)22-23)21-11-14-7-9-15(10-8-14)19(24)20-3/h7-10,12-13,17,21H,4-6,11H2,1-3H3,(H,20,24). The number of amides is 1. The molecule has 5 nitrogen and oxygen atoms in total. The molecular formula is C19H26N4O. The number of carbonyl (C=O) groups is 1. The van der Waals surface area contributed by atoms with E-state index >= 15 is 0 Å². The van der Waals surface area contributed by atoms with E-state index in [9.17, 15) is 4.79 Å². The minimum absolute atomic E-state index is 0.0503. The van der Waals surface area contributed by atoms with Crippen LogP contribution in [0.1, 0.15) is 66.0 Å². The van der Waals surface area contributed by atoms with Crippen LogP contribution in [0, 0.1) is 0 Å². The van der Waals surface area contributed by atoms with E-state index in [2.05, 4.69) is 35.4 Å². The molecule has 128 valence electrons. The first-order chi connectivity index (χ1) is 11.6. The zero-order valence-electron chi connectivity index (χ0n) is 14.7. The number of carbonyl (C=O) groups excluding carboxylic acids is 1. The first kappa shape index (κ1) is 16.7. The van der Waals surface area contributed by atoms with Gasteiger partial charge in [0.05, 0.1) is 11.7 Å². The Balaban J connectivity index is 1.66. The lowest BCUT2D eigenvalue weighted by Crippen LogP contribution is -2.25. The van der Waals surface area contributed by atoms with Gasteiger partial charge in [0.2, 0.25) is 0 Å². The third-order valence-corrected chi connectivity index (χ3v) is 4.63. The van der Waals surface area contributed by atoms with Crippen LogP contribution in [0.3, 0.4) is 0 Å². The van der Waals surface area contributed by atoms with Crippen molar-refractivity contribution in [1.82, 2.24) is 20.4 Å². The summed E-state index contributed by atoms with van der Waals surface area (Å²) in [4.78, 5) is 11.6. The van der Waals surface area contributed by atoms with Crippen molar-refractivity contribution in [1.29, 1.82) is 0 Å². The Labute approximate surface area is 143 Å². The number of hydrogen-bond donors (Lipinski definition) is 2. The lowest BCUT2D eigenvalue weighted by Gasteiger charge is -2.22. The molecule has 5 heteroatoms. The van der Waals surface area contributed by atoms with Gasteiger partial charge in [-0.1, -0.05) is 12.1 Å². The molecule has 0 radical (unpaired) electrons. The van der Waals surface area contributed by atoms with Gasteiger partial charge in [-0.25, -0.2) is 0 Å². The molecule has 0 spiro atoms. The Hall–Kier alpha value is -2.14. The van der Waals surface area contributed by atoms with Crippen molar-refractivity contribution in [2.45, 2.75) is 51.7 Å². The zero-order chi connectivity index (χ0) is 17.1. The quantitative estimate of drug-likeness (QED) is 0.888. The maximum atomic E-state index is 11.6. The topological polar surface area (TPSA) is 59.0 Å². The zero-order valence-corrected chi connectivity index (χ0v) is 14.7. The van der Waals surface area contributed by atoms with Crippen LogP contribution in [-0.2, 0) is 13.0 Å². The summed E-state index contributed by atoms with van der Waals surface area (Å²) >= 11 is 0. The van der Waals surface area contributed by atoms with Gasteiger partial charge < -0.3 is 10.6 Å².